The van der Waals surface area contributed by atoms with Crippen molar-refractivity contribution in [3.05, 3.63) is 52.6 Å². The van der Waals surface area contributed by atoms with E-state index in [-0.39, 0.29) is 17.1 Å². The second-order valence-corrected chi connectivity index (χ2v) is 4.13. The molecule has 0 saturated heterocycles. The van der Waals surface area contributed by atoms with Gasteiger partial charge in [0.25, 0.3) is 5.69 Å². The molecule has 104 valence electrons. The predicted molar refractivity (Wildman–Crippen MR) is 70.3 cm³/mol. The van der Waals surface area contributed by atoms with E-state index in [0.717, 1.165) is 0 Å². The summed E-state index contributed by atoms with van der Waals surface area (Å²) < 4.78 is 1.25. The second kappa shape index (κ2) is 4.63. The molecule has 0 unspecified atom stereocenters. The molecule has 2 heterocycles. The monoisotopic (exact) mass is 285 g/mol. The molecule has 0 fully saturated rings. The van der Waals surface area contributed by atoms with Gasteiger partial charge in [-0.1, -0.05) is 0 Å². The van der Waals surface area contributed by atoms with Crippen LogP contribution in [0, 0.1) is 10.1 Å². The molecule has 9 heteroatoms. The summed E-state index contributed by atoms with van der Waals surface area (Å²) in [6, 6.07) is 4.16. The number of hydrogen-bond donors (Lipinski definition) is 1. The number of non-ortho nitro benzene ring substituents is 1. The molecular weight excluding hydrogens is 278 g/mol. The maximum absolute atomic E-state index is 10.9. The van der Waals surface area contributed by atoms with E-state index >= 15 is 0 Å². The summed E-state index contributed by atoms with van der Waals surface area (Å²) in [6.45, 7) is 0. The van der Waals surface area contributed by atoms with E-state index in [2.05, 4.69) is 15.1 Å². The van der Waals surface area contributed by atoms with Crippen molar-refractivity contribution in [2.24, 2.45) is 0 Å². The molecule has 9 nitrogen and oxygen atoms in total. The fourth-order valence-corrected chi connectivity index (χ4v) is 1.88. The van der Waals surface area contributed by atoms with E-state index in [9.17, 15) is 14.9 Å². The molecule has 0 spiro atoms. The number of hydrogen-bond acceptors (Lipinski definition) is 6. The predicted octanol–water partition coefficient (Wildman–Crippen LogP) is 1.42. The largest absolute Gasteiger partial charge is 0.478 e. The summed E-state index contributed by atoms with van der Waals surface area (Å²) >= 11 is 0. The SMILES string of the molecule is O=C(O)c1cnn(-c2ncnc3ccc([N+](=O)[O-])cc23)c1. The zero-order chi connectivity index (χ0) is 15.0. The van der Waals surface area contributed by atoms with Crippen LogP contribution in [0.3, 0.4) is 0 Å². The van der Waals surface area contributed by atoms with Crippen LogP contribution in [0.4, 0.5) is 5.69 Å². The van der Waals surface area contributed by atoms with Crippen molar-refractivity contribution in [1.82, 2.24) is 19.7 Å². The highest BCUT2D eigenvalue weighted by Gasteiger charge is 2.14. The Labute approximate surface area is 116 Å². The maximum Gasteiger partial charge on any atom is 0.338 e. The Morgan fingerprint density at radius 2 is 2.14 bits per heavy atom. The lowest BCUT2D eigenvalue weighted by molar-refractivity contribution is -0.384. The molecule has 0 aliphatic heterocycles. The van der Waals surface area contributed by atoms with Gasteiger partial charge in [-0.25, -0.2) is 19.4 Å². The van der Waals surface area contributed by atoms with Gasteiger partial charge in [0.15, 0.2) is 5.82 Å². The Bertz CT molecular complexity index is 873. The first kappa shape index (κ1) is 12.7. The summed E-state index contributed by atoms with van der Waals surface area (Å²) in [5.74, 6) is -0.846. The molecule has 3 aromatic rings. The minimum absolute atomic E-state index is 0.00723. The van der Waals surface area contributed by atoms with Gasteiger partial charge in [-0.2, -0.15) is 5.10 Å². The number of aromatic nitrogens is 4. The van der Waals surface area contributed by atoms with Crippen molar-refractivity contribution in [1.29, 1.82) is 0 Å². The molecule has 2 aromatic heterocycles. The summed E-state index contributed by atoms with van der Waals surface area (Å²) in [7, 11) is 0. The molecule has 0 atom stereocenters. The van der Waals surface area contributed by atoms with Crippen molar-refractivity contribution in [2.45, 2.75) is 0 Å². The summed E-state index contributed by atoms with van der Waals surface area (Å²) in [6.07, 6.45) is 3.74. The Morgan fingerprint density at radius 3 is 2.81 bits per heavy atom. The maximum atomic E-state index is 10.9. The fraction of sp³-hybridized carbons (Fsp3) is 0. The average molecular weight is 285 g/mol. The lowest BCUT2D eigenvalue weighted by Crippen LogP contribution is -2.01. The van der Waals surface area contributed by atoms with Crippen LogP contribution in [-0.4, -0.2) is 35.7 Å². The molecule has 0 aliphatic carbocycles. The van der Waals surface area contributed by atoms with Gasteiger partial charge in [0.2, 0.25) is 0 Å². The van der Waals surface area contributed by atoms with Crippen LogP contribution >= 0.6 is 0 Å². The van der Waals surface area contributed by atoms with Crippen molar-refractivity contribution >= 4 is 22.6 Å². The van der Waals surface area contributed by atoms with E-state index in [1.54, 1.807) is 0 Å². The number of nitrogens with zero attached hydrogens (tertiary/aromatic N) is 5. The van der Waals surface area contributed by atoms with Gasteiger partial charge in [0.1, 0.15) is 6.33 Å². The number of nitro benzene ring substituents is 1. The minimum atomic E-state index is -1.12. The number of carboxylic acid groups (broad SMARTS) is 1. The van der Waals surface area contributed by atoms with Crippen LogP contribution in [0.2, 0.25) is 0 Å². The van der Waals surface area contributed by atoms with Gasteiger partial charge < -0.3 is 5.11 Å². The number of aromatic carboxylic acids is 1. The third-order valence-electron chi connectivity index (χ3n) is 2.86. The number of nitro groups is 1. The summed E-state index contributed by atoms with van der Waals surface area (Å²) in [4.78, 5) is 29.2. The number of rotatable bonds is 3. The second-order valence-electron chi connectivity index (χ2n) is 4.13. The van der Waals surface area contributed by atoms with Gasteiger partial charge in [-0.05, 0) is 6.07 Å². The van der Waals surface area contributed by atoms with E-state index in [1.165, 1.54) is 41.6 Å². The highest BCUT2D eigenvalue weighted by molar-refractivity contribution is 5.89. The lowest BCUT2D eigenvalue weighted by atomic mass is 10.2. The topological polar surface area (TPSA) is 124 Å². The molecule has 0 saturated carbocycles. The zero-order valence-electron chi connectivity index (χ0n) is 10.4. The number of benzene rings is 1. The molecule has 1 aromatic carbocycles. The van der Waals surface area contributed by atoms with Crippen molar-refractivity contribution < 1.29 is 14.8 Å². The van der Waals surface area contributed by atoms with Gasteiger partial charge in [0.05, 0.1) is 27.6 Å². The highest BCUT2D eigenvalue weighted by atomic mass is 16.6. The van der Waals surface area contributed by atoms with Crippen LogP contribution < -0.4 is 0 Å². The average Bonchev–Trinajstić information content (AvgIpc) is 2.95. The molecular formula is C12H7N5O4. The Balaban J connectivity index is 2.23. The van der Waals surface area contributed by atoms with Crippen LogP contribution in [-0.2, 0) is 0 Å². The van der Waals surface area contributed by atoms with Crippen molar-refractivity contribution in [2.75, 3.05) is 0 Å². The third-order valence-corrected chi connectivity index (χ3v) is 2.86. The molecule has 1 N–H and O–H groups in total. The Kier molecular flexibility index (Phi) is 2.79. The molecule has 21 heavy (non-hydrogen) atoms. The highest BCUT2D eigenvalue weighted by Crippen LogP contribution is 2.23. The number of fused-ring (bicyclic) bond motifs is 1. The Hall–Kier alpha value is -3.36. The quantitative estimate of drug-likeness (QED) is 0.570. The minimum Gasteiger partial charge on any atom is -0.478 e. The van der Waals surface area contributed by atoms with Crippen LogP contribution in [0.25, 0.3) is 16.7 Å². The zero-order valence-corrected chi connectivity index (χ0v) is 10.4. The van der Waals surface area contributed by atoms with Crippen LogP contribution in [0.5, 0.6) is 0 Å². The molecule has 0 aliphatic rings. The first-order valence-corrected chi connectivity index (χ1v) is 5.74. The first-order valence-electron chi connectivity index (χ1n) is 5.74. The molecule has 3 rings (SSSR count). The third kappa shape index (κ3) is 2.16. The smallest absolute Gasteiger partial charge is 0.338 e. The van der Waals surface area contributed by atoms with Gasteiger partial charge in [-0.15, -0.1) is 0 Å². The van der Waals surface area contributed by atoms with Crippen molar-refractivity contribution in [3.63, 3.8) is 0 Å². The first-order chi connectivity index (χ1) is 10.1. The van der Waals surface area contributed by atoms with Crippen LogP contribution in [0.1, 0.15) is 10.4 Å². The van der Waals surface area contributed by atoms with E-state index in [4.69, 9.17) is 5.11 Å². The van der Waals surface area contributed by atoms with Gasteiger partial charge in [-0.3, -0.25) is 10.1 Å². The standard InChI is InChI=1S/C12H7N5O4/c18-12(19)7-4-15-16(5-7)11-9-3-8(17(20)21)1-2-10(9)13-6-14-11/h1-6H,(H,18,19). The molecule has 0 bridgehead atoms. The number of carbonyl (C=O) groups is 1. The molecule has 0 amide bonds. The normalized spacial score (nSPS) is 10.7. The van der Waals surface area contributed by atoms with Crippen molar-refractivity contribution in [3.8, 4) is 5.82 Å². The Morgan fingerprint density at radius 1 is 1.33 bits per heavy atom. The van der Waals surface area contributed by atoms with E-state index < -0.39 is 10.9 Å². The summed E-state index contributed by atoms with van der Waals surface area (Å²) in [5, 5.41) is 24.1. The lowest BCUT2D eigenvalue weighted by Gasteiger charge is -2.04. The molecule has 0 radical (unpaired) electrons. The van der Waals surface area contributed by atoms with Gasteiger partial charge in [0, 0.05) is 18.3 Å². The van der Waals surface area contributed by atoms with Crippen LogP contribution in [0.15, 0.2) is 36.9 Å². The van der Waals surface area contributed by atoms with Gasteiger partial charge >= 0.3 is 5.97 Å². The van der Waals surface area contributed by atoms with E-state index in [0.29, 0.717) is 10.9 Å². The fourth-order valence-electron chi connectivity index (χ4n) is 1.88. The summed E-state index contributed by atoms with van der Waals surface area (Å²) in [5.41, 5.74) is 0.384. The number of carboxylic acids is 1. The van der Waals surface area contributed by atoms with E-state index in [1.807, 2.05) is 0 Å².